The molecule has 2 aromatic heterocycles. The fourth-order valence-electron chi connectivity index (χ4n) is 4.20. The topological polar surface area (TPSA) is 152 Å². The average Bonchev–Trinajstić information content (AvgIpc) is 3.56. The zero-order valence-electron chi connectivity index (χ0n) is 25.3. The number of para-hydroxylation sites is 1. The molecular formula is C33H33N5O6S. The van der Waals surface area contributed by atoms with Gasteiger partial charge in [0.25, 0.3) is 5.91 Å². The maximum absolute atomic E-state index is 13.0. The van der Waals surface area contributed by atoms with Gasteiger partial charge in [-0.3, -0.25) is 9.59 Å². The fraction of sp³-hybridized carbons (Fsp3) is 0.242. The number of pyridine rings is 1. The van der Waals surface area contributed by atoms with Gasteiger partial charge in [0.05, 0.1) is 10.6 Å². The first-order chi connectivity index (χ1) is 21.6. The van der Waals surface area contributed by atoms with E-state index in [2.05, 4.69) is 27.0 Å². The summed E-state index contributed by atoms with van der Waals surface area (Å²) in [5.41, 5.74) is 2.51. The third kappa shape index (κ3) is 9.12. The van der Waals surface area contributed by atoms with E-state index in [1.165, 1.54) is 18.4 Å². The Labute approximate surface area is 265 Å². The van der Waals surface area contributed by atoms with E-state index in [-0.39, 0.29) is 31.3 Å². The predicted molar refractivity (Wildman–Crippen MR) is 171 cm³/mol. The van der Waals surface area contributed by atoms with Gasteiger partial charge in [-0.05, 0) is 67.6 Å². The van der Waals surface area contributed by atoms with Crippen LogP contribution in [-0.2, 0) is 20.8 Å². The zero-order chi connectivity index (χ0) is 32.4. The maximum atomic E-state index is 13.0. The van der Waals surface area contributed by atoms with E-state index in [1.54, 1.807) is 56.5 Å². The lowest BCUT2D eigenvalue weighted by Crippen LogP contribution is -2.39. The largest absolute Gasteiger partial charge is 0.467 e. The Morgan fingerprint density at radius 2 is 1.78 bits per heavy atom. The first-order valence-electron chi connectivity index (χ1n) is 13.9. The minimum atomic E-state index is -0.687. The Morgan fingerprint density at radius 1 is 0.978 bits per heavy atom. The molecule has 0 fully saturated rings. The van der Waals surface area contributed by atoms with Crippen LogP contribution >= 0.6 is 11.3 Å². The Bertz CT molecular complexity index is 1710. The SMILES string of the molecule is COCOc1ccccc1-c1cc(-c2cccc(CNC(=O)CNC(=O)OC(C)(C)C)c2)c(C#N)c(NC(=O)c2cccs2)n1. The van der Waals surface area contributed by atoms with Crippen molar-refractivity contribution in [3.05, 3.63) is 88.1 Å². The summed E-state index contributed by atoms with van der Waals surface area (Å²) in [4.78, 5) is 42.5. The van der Waals surface area contributed by atoms with Crippen LogP contribution < -0.4 is 20.7 Å². The van der Waals surface area contributed by atoms with E-state index >= 15 is 0 Å². The van der Waals surface area contributed by atoms with Crippen LogP contribution in [0.15, 0.2) is 72.1 Å². The summed E-state index contributed by atoms with van der Waals surface area (Å²) in [5, 5.41) is 20.1. The van der Waals surface area contributed by atoms with Gasteiger partial charge in [0.15, 0.2) is 12.6 Å². The van der Waals surface area contributed by atoms with Crippen LogP contribution in [0.3, 0.4) is 0 Å². The highest BCUT2D eigenvalue weighted by molar-refractivity contribution is 7.12. The second kappa shape index (κ2) is 15.0. The van der Waals surface area contributed by atoms with Crippen LogP contribution in [0.1, 0.15) is 41.6 Å². The third-order valence-electron chi connectivity index (χ3n) is 6.12. The van der Waals surface area contributed by atoms with Gasteiger partial charge in [-0.1, -0.05) is 36.4 Å². The number of hydrogen-bond acceptors (Lipinski definition) is 9. The van der Waals surface area contributed by atoms with Crippen molar-refractivity contribution < 1.29 is 28.6 Å². The number of ether oxygens (including phenoxy) is 3. The Kier molecular flexibility index (Phi) is 10.9. The predicted octanol–water partition coefficient (Wildman–Crippen LogP) is 5.72. The van der Waals surface area contributed by atoms with Crippen molar-refractivity contribution in [2.75, 3.05) is 25.8 Å². The Morgan fingerprint density at radius 3 is 2.49 bits per heavy atom. The molecule has 0 unspecified atom stereocenters. The van der Waals surface area contributed by atoms with E-state index < -0.39 is 23.5 Å². The number of aromatic nitrogens is 1. The molecule has 11 nitrogen and oxygen atoms in total. The van der Waals surface area contributed by atoms with Crippen LogP contribution in [0.5, 0.6) is 5.75 Å². The second-order valence-electron chi connectivity index (χ2n) is 10.7. The van der Waals surface area contributed by atoms with Crippen molar-refractivity contribution in [2.45, 2.75) is 32.9 Å². The number of thiophene rings is 1. The molecule has 12 heteroatoms. The first-order valence-corrected chi connectivity index (χ1v) is 14.8. The summed E-state index contributed by atoms with van der Waals surface area (Å²) in [6.45, 7) is 5.13. The molecular weight excluding hydrogens is 594 g/mol. The smallest absolute Gasteiger partial charge is 0.408 e. The number of nitrogens with zero attached hydrogens (tertiary/aromatic N) is 2. The lowest BCUT2D eigenvalue weighted by Gasteiger charge is -2.19. The van der Waals surface area contributed by atoms with Crippen molar-refractivity contribution in [3.63, 3.8) is 0 Å². The minimum Gasteiger partial charge on any atom is -0.467 e. The molecule has 0 aliphatic rings. The monoisotopic (exact) mass is 627 g/mol. The Balaban J connectivity index is 1.66. The molecule has 3 N–H and O–H groups in total. The average molecular weight is 628 g/mol. The second-order valence-corrected chi connectivity index (χ2v) is 11.6. The molecule has 0 spiro atoms. The summed E-state index contributed by atoms with van der Waals surface area (Å²) in [5.74, 6) is -0.190. The van der Waals surface area contributed by atoms with E-state index in [4.69, 9.17) is 14.2 Å². The number of carbonyl (C=O) groups excluding carboxylic acids is 3. The Hall–Kier alpha value is -5.25. The third-order valence-corrected chi connectivity index (χ3v) is 6.99. The fourth-order valence-corrected chi connectivity index (χ4v) is 4.82. The molecule has 232 valence electrons. The summed E-state index contributed by atoms with van der Waals surface area (Å²) >= 11 is 1.27. The van der Waals surface area contributed by atoms with Crippen molar-refractivity contribution in [1.29, 1.82) is 5.26 Å². The van der Waals surface area contributed by atoms with E-state index in [0.717, 1.165) is 5.56 Å². The van der Waals surface area contributed by atoms with Gasteiger partial charge in [-0.15, -0.1) is 11.3 Å². The van der Waals surface area contributed by atoms with Gasteiger partial charge in [-0.2, -0.15) is 5.26 Å². The first kappa shape index (κ1) is 32.7. The molecule has 0 aliphatic heterocycles. The number of benzene rings is 2. The van der Waals surface area contributed by atoms with Crippen LogP contribution in [0, 0.1) is 11.3 Å². The highest BCUT2D eigenvalue weighted by Crippen LogP contribution is 2.36. The molecule has 3 amide bonds. The van der Waals surface area contributed by atoms with Crippen molar-refractivity contribution in [3.8, 4) is 34.2 Å². The molecule has 0 saturated heterocycles. The molecule has 0 aliphatic carbocycles. The van der Waals surface area contributed by atoms with Gasteiger partial charge in [-0.25, -0.2) is 9.78 Å². The molecule has 4 aromatic rings. The van der Waals surface area contributed by atoms with Gasteiger partial charge in [0.1, 0.15) is 29.5 Å². The van der Waals surface area contributed by atoms with Gasteiger partial charge in [0, 0.05) is 24.8 Å². The quantitative estimate of drug-likeness (QED) is 0.179. The highest BCUT2D eigenvalue weighted by Gasteiger charge is 2.20. The molecule has 45 heavy (non-hydrogen) atoms. The molecule has 0 bridgehead atoms. The van der Waals surface area contributed by atoms with E-state index in [9.17, 15) is 19.6 Å². The lowest BCUT2D eigenvalue weighted by atomic mass is 9.96. The maximum Gasteiger partial charge on any atom is 0.408 e. The number of amides is 3. The molecule has 0 saturated carbocycles. The summed E-state index contributed by atoms with van der Waals surface area (Å²) in [7, 11) is 1.52. The van der Waals surface area contributed by atoms with Crippen molar-refractivity contribution in [2.24, 2.45) is 0 Å². The highest BCUT2D eigenvalue weighted by atomic mass is 32.1. The van der Waals surface area contributed by atoms with Crippen LogP contribution in [0.25, 0.3) is 22.4 Å². The van der Waals surface area contributed by atoms with E-state index in [0.29, 0.717) is 33.0 Å². The number of nitriles is 1. The number of hydrogen-bond donors (Lipinski definition) is 3. The standard InChI is InChI=1S/C33H33N5O6S/c1-33(2,3)44-32(41)36-19-29(39)35-18-21-9-7-10-22(15-21)24-16-26(23-11-5-6-12-27(23)43-20-42-4)37-30(25(24)17-34)38-31(40)28-13-8-14-45-28/h5-16H,18-20H2,1-4H3,(H,35,39)(H,36,41)(H,37,38,40). The van der Waals surface area contributed by atoms with E-state index in [1.807, 2.05) is 36.4 Å². The zero-order valence-corrected chi connectivity index (χ0v) is 26.1. The normalized spacial score (nSPS) is 10.8. The number of alkyl carbamates (subject to hydrolysis) is 1. The molecule has 0 atom stereocenters. The number of methoxy groups -OCH3 is 1. The number of nitrogens with one attached hydrogen (secondary N) is 3. The number of rotatable bonds is 11. The lowest BCUT2D eigenvalue weighted by molar-refractivity contribution is -0.120. The van der Waals surface area contributed by atoms with Crippen molar-refractivity contribution in [1.82, 2.24) is 15.6 Å². The molecule has 2 aromatic carbocycles. The minimum absolute atomic E-state index is 0.0170. The van der Waals surface area contributed by atoms with Crippen LogP contribution in [0.4, 0.5) is 10.6 Å². The van der Waals surface area contributed by atoms with Gasteiger partial charge >= 0.3 is 6.09 Å². The number of carbonyl (C=O) groups is 3. The summed E-state index contributed by atoms with van der Waals surface area (Å²) in [6.07, 6.45) is -0.687. The van der Waals surface area contributed by atoms with Gasteiger partial charge < -0.3 is 30.2 Å². The van der Waals surface area contributed by atoms with Crippen LogP contribution in [-0.4, -0.2) is 48.9 Å². The van der Waals surface area contributed by atoms with Crippen LogP contribution in [0.2, 0.25) is 0 Å². The molecule has 2 heterocycles. The molecule has 4 rings (SSSR count). The summed E-state index contributed by atoms with van der Waals surface area (Å²) in [6, 6.07) is 22.0. The summed E-state index contributed by atoms with van der Waals surface area (Å²) < 4.78 is 16.0. The molecule has 0 radical (unpaired) electrons. The van der Waals surface area contributed by atoms with Gasteiger partial charge in [0.2, 0.25) is 5.91 Å². The van der Waals surface area contributed by atoms with Crippen molar-refractivity contribution >= 4 is 35.1 Å². The number of anilines is 1.